The molecular formula is C18H27NO4S. The SMILES string of the molecule is CC1(C)OCC2(CO1)CN(S(=O)(=O)c1ccc(C(C)(C)C)cc1)C2. The molecule has 2 aliphatic rings. The Bertz CT molecular complexity index is 698. The molecule has 2 heterocycles. The van der Waals surface area contributed by atoms with Gasteiger partial charge < -0.3 is 9.47 Å². The average molecular weight is 353 g/mol. The molecule has 0 atom stereocenters. The van der Waals surface area contributed by atoms with Crippen LogP contribution in [0, 0.1) is 5.41 Å². The first-order chi connectivity index (χ1) is 10.9. The molecule has 1 aromatic carbocycles. The number of nitrogens with zero attached hydrogens (tertiary/aromatic N) is 1. The van der Waals surface area contributed by atoms with E-state index in [4.69, 9.17) is 9.47 Å². The van der Waals surface area contributed by atoms with Crippen LogP contribution in [0.1, 0.15) is 40.2 Å². The normalized spacial score (nSPS) is 23.9. The summed E-state index contributed by atoms with van der Waals surface area (Å²) in [5.41, 5.74) is 0.929. The molecule has 0 bridgehead atoms. The van der Waals surface area contributed by atoms with Crippen molar-refractivity contribution in [3.8, 4) is 0 Å². The Morgan fingerprint density at radius 1 is 1.00 bits per heavy atom. The topological polar surface area (TPSA) is 55.8 Å². The lowest BCUT2D eigenvalue weighted by Gasteiger charge is -2.53. The van der Waals surface area contributed by atoms with E-state index in [0.29, 0.717) is 31.2 Å². The van der Waals surface area contributed by atoms with Crippen molar-refractivity contribution in [3.05, 3.63) is 29.8 Å². The third-order valence-corrected chi connectivity index (χ3v) is 6.64. The van der Waals surface area contributed by atoms with E-state index in [9.17, 15) is 8.42 Å². The van der Waals surface area contributed by atoms with E-state index in [2.05, 4.69) is 20.8 Å². The van der Waals surface area contributed by atoms with Crippen molar-refractivity contribution in [3.63, 3.8) is 0 Å². The zero-order valence-electron chi connectivity index (χ0n) is 15.1. The minimum Gasteiger partial charge on any atom is -0.350 e. The van der Waals surface area contributed by atoms with Crippen LogP contribution in [0.4, 0.5) is 0 Å². The lowest BCUT2D eigenvalue weighted by molar-refractivity contribution is -0.299. The highest BCUT2D eigenvalue weighted by molar-refractivity contribution is 7.89. The number of rotatable bonds is 2. The molecular weight excluding hydrogens is 326 g/mol. The maximum atomic E-state index is 12.8. The molecule has 2 saturated heterocycles. The Balaban J connectivity index is 1.70. The number of sulfonamides is 1. The Morgan fingerprint density at radius 3 is 1.96 bits per heavy atom. The highest BCUT2D eigenvalue weighted by Gasteiger charge is 2.52. The van der Waals surface area contributed by atoms with E-state index in [1.807, 2.05) is 26.0 Å². The Labute approximate surface area is 145 Å². The van der Waals surface area contributed by atoms with Crippen LogP contribution in [0.2, 0.25) is 0 Å². The second kappa shape index (κ2) is 5.53. The second-order valence-electron chi connectivity index (χ2n) is 8.52. The maximum absolute atomic E-state index is 12.8. The molecule has 0 aromatic heterocycles. The monoisotopic (exact) mass is 353 g/mol. The highest BCUT2D eigenvalue weighted by atomic mass is 32.2. The van der Waals surface area contributed by atoms with Gasteiger partial charge in [0, 0.05) is 18.5 Å². The minimum atomic E-state index is -3.45. The van der Waals surface area contributed by atoms with Crippen LogP contribution in [0.3, 0.4) is 0 Å². The van der Waals surface area contributed by atoms with Gasteiger partial charge in [0.25, 0.3) is 0 Å². The Kier molecular flexibility index (Phi) is 4.11. The average Bonchev–Trinajstić information content (AvgIpc) is 2.44. The molecule has 0 N–H and O–H groups in total. The Morgan fingerprint density at radius 2 is 1.50 bits per heavy atom. The van der Waals surface area contributed by atoms with Gasteiger partial charge in [-0.3, -0.25) is 0 Å². The maximum Gasteiger partial charge on any atom is 0.243 e. The summed E-state index contributed by atoms with van der Waals surface area (Å²) in [7, 11) is -3.45. The van der Waals surface area contributed by atoms with Crippen molar-refractivity contribution in [1.82, 2.24) is 4.31 Å². The first kappa shape index (κ1) is 17.9. The summed E-state index contributed by atoms with van der Waals surface area (Å²) in [5.74, 6) is -0.576. The van der Waals surface area contributed by atoms with Crippen molar-refractivity contribution in [2.24, 2.45) is 5.41 Å². The van der Waals surface area contributed by atoms with Crippen molar-refractivity contribution >= 4 is 10.0 Å². The molecule has 24 heavy (non-hydrogen) atoms. The molecule has 0 aliphatic carbocycles. The zero-order chi connectivity index (χ0) is 17.8. The van der Waals surface area contributed by atoms with Crippen LogP contribution >= 0.6 is 0 Å². The summed E-state index contributed by atoms with van der Waals surface area (Å²) < 4.78 is 38.5. The molecule has 0 saturated carbocycles. The molecule has 1 spiro atoms. The fourth-order valence-corrected chi connectivity index (χ4v) is 4.73. The smallest absolute Gasteiger partial charge is 0.243 e. The van der Waals surface area contributed by atoms with Gasteiger partial charge in [-0.15, -0.1) is 0 Å². The van der Waals surface area contributed by atoms with Gasteiger partial charge in [-0.25, -0.2) is 8.42 Å². The standard InChI is InChI=1S/C18H27NO4S/c1-16(2,3)14-6-8-15(9-7-14)24(20,21)19-10-18(11-19)12-22-17(4,5)23-13-18/h6-9H,10-13H2,1-5H3. The predicted molar refractivity (Wildman–Crippen MR) is 92.3 cm³/mol. The van der Waals surface area contributed by atoms with E-state index >= 15 is 0 Å². The fraction of sp³-hybridized carbons (Fsp3) is 0.667. The van der Waals surface area contributed by atoms with Gasteiger partial charge in [0.2, 0.25) is 10.0 Å². The van der Waals surface area contributed by atoms with E-state index in [1.165, 1.54) is 4.31 Å². The first-order valence-corrected chi connectivity index (χ1v) is 9.76. The molecule has 0 amide bonds. The summed E-state index contributed by atoms with van der Waals surface area (Å²) in [4.78, 5) is 0.350. The van der Waals surface area contributed by atoms with Gasteiger partial charge in [-0.1, -0.05) is 32.9 Å². The molecule has 5 nitrogen and oxygen atoms in total. The largest absolute Gasteiger partial charge is 0.350 e. The molecule has 2 aliphatic heterocycles. The number of hydrogen-bond donors (Lipinski definition) is 0. The van der Waals surface area contributed by atoms with Crippen LogP contribution in [0.5, 0.6) is 0 Å². The zero-order valence-corrected chi connectivity index (χ0v) is 15.9. The van der Waals surface area contributed by atoms with Crippen molar-refractivity contribution in [2.75, 3.05) is 26.3 Å². The lowest BCUT2D eigenvalue weighted by atomic mass is 9.82. The molecule has 2 fully saturated rings. The number of ether oxygens (including phenoxy) is 2. The Hall–Kier alpha value is -0.950. The van der Waals surface area contributed by atoms with Crippen molar-refractivity contribution < 1.29 is 17.9 Å². The quantitative estimate of drug-likeness (QED) is 0.820. The van der Waals surface area contributed by atoms with Gasteiger partial charge in [-0.2, -0.15) is 4.31 Å². The second-order valence-corrected chi connectivity index (χ2v) is 10.5. The third-order valence-electron chi connectivity index (χ3n) is 4.83. The minimum absolute atomic E-state index is 0.00663. The van der Waals surface area contributed by atoms with Gasteiger partial charge in [0.15, 0.2) is 5.79 Å². The van der Waals surface area contributed by atoms with Crippen LogP contribution in [-0.4, -0.2) is 44.8 Å². The summed E-state index contributed by atoms with van der Waals surface area (Å²) in [6, 6.07) is 7.21. The van der Waals surface area contributed by atoms with Crippen molar-refractivity contribution in [1.29, 1.82) is 0 Å². The van der Waals surface area contributed by atoms with Gasteiger partial charge in [0.05, 0.1) is 18.1 Å². The highest BCUT2D eigenvalue weighted by Crippen LogP contribution is 2.40. The predicted octanol–water partition coefficient (Wildman–Crippen LogP) is 2.76. The molecule has 134 valence electrons. The molecule has 6 heteroatoms. The van der Waals surface area contributed by atoms with Gasteiger partial charge in [-0.05, 0) is 37.0 Å². The summed E-state index contributed by atoms with van der Waals surface area (Å²) in [6.07, 6.45) is 0. The molecule has 3 rings (SSSR count). The van der Waals surface area contributed by atoms with E-state index in [1.54, 1.807) is 12.1 Å². The number of benzene rings is 1. The lowest BCUT2D eigenvalue weighted by Crippen LogP contribution is -2.65. The third kappa shape index (κ3) is 3.25. The molecule has 0 radical (unpaired) electrons. The van der Waals surface area contributed by atoms with E-state index < -0.39 is 15.8 Å². The first-order valence-electron chi connectivity index (χ1n) is 8.32. The summed E-state index contributed by atoms with van der Waals surface area (Å²) >= 11 is 0. The van der Waals surface area contributed by atoms with E-state index in [-0.39, 0.29) is 10.8 Å². The number of hydrogen-bond acceptors (Lipinski definition) is 4. The summed E-state index contributed by atoms with van der Waals surface area (Å²) in [5, 5.41) is 0. The van der Waals surface area contributed by atoms with E-state index in [0.717, 1.165) is 5.56 Å². The van der Waals surface area contributed by atoms with Crippen LogP contribution < -0.4 is 0 Å². The summed E-state index contributed by atoms with van der Waals surface area (Å²) in [6.45, 7) is 12.1. The van der Waals surface area contributed by atoms with Crippen LogP contribution in [0.25, 0.3) is 0 Å². The molecule has 1 aromatic rings. The fourth-order valence-electron chi connectivity index (χ4n) is 3.07. The van der Waals surface area contributed by atoms with Gasteiger partial charge >= 0.3 is 0 Å². The van der Waals surface area contributed by atoms with Crippen LogP contribution in [0.15, 0.2) is 29.2 Å². The van der Waals surface area contributed by atoms with Crippen LogP contribution in [-0.2, 0) is 24.9 Å². The van der Waals surface area contributed by atoms with Crippen molar-refractivity contribution in [2.45, 2.75) is 50.7 Å². The molecule has 0 unspecified atom stereocenters. The van der Waals surface area contributed by atoms with Gasteiger partial charge in [0.1, 0.15) is 0 Å².